The minimum absolute atomic E-state index is 0.204. The van der Waals surface area contributed by atoms with E-state index < -0.39 is 5.41 Å². The van der Waals surface area contributed by atoms with Crippen LogP contribution < -0.4 is 5.32 Å². The Morgan fingerprint density at radius 3 is 2.64 bits per heavy atom. The standard InChI is InChI=1S/C18H18FN3/c19-15-6-4-14(5-7-15)8-10-21-16-11-18(12-16,13-20)17-3-1-2-9-22-17/h1-7,9,16,21H,8,10-12H2. The van der Waals surface area contributed by atoms with Gasteiger partial charge in [0, 0.05) is 12.2 Å². The molecule has 2 aromatic rings. The summed E-state index contributed by atoms with van der Waals surface area (Å²) in [7, 11) is 0. The van der Waals surface area contributed by atoms with Crippen molar-refractivity contribution in [3.63, 3.8) is 0 Å². The van der Waals surface area contributed by atoms with Crippen LogP contribution in [0.2, 0.25) is 0 Å². The minimum Gasteiger partial charge on any atom is -0.314 e. The fourth-order valence-electron chi connectivity index (χ4n) is 3.00. The topological polar surface area (TPSA) is 48.7 Å². The zero-order valence-corrected chi connectivity index (χ0v) is 12.3. The lowest BCUT2D eigenvalue weighted by Gasteiger charge is -2.42. The summed E-state index contributed by atoms with van der Waals surface area (Å²) in [5, 5.41) is 13.0. The molecule has 0 bridgehead atoms. The number of nitriles is 1. The molecule has 3 nitrogen and oxygen atoms in total. The molecule has 0 radical (unpaired) electrons. The molecule has 0 atom stereocenters. The van der Waals surface area contributed by atoms with Gasteiger partial charge < -0.3 is 5.32 Å². The van der Waals surface area contributed by atoms with Gasteiger partial charge in [0.25, 0.3) is 0 Å². The molecule has 0 amide bonds. The Bertz CT molecular complexity index is 655. The first-order valence-corrected chi connectivity index (χ1v) is 7.52. The monoisotopic (exact) mass is 295 g/mol. The average molecular weight is 295 g/mol. The number of hydrogen-bond donors (Lipinski definition) is 1. The summed E-state index contributed by atoms with van der Waals surface area (Å²) in [5.41, 5.74) is 1.55. The summed E-state index contributed by atoms with van der Waals surface area (Å²) in [4.78, 5) is 4.33. The molecule has 4 heteroatoms. The number of rotatable bonds is 5. The van der Waals surface area contributed by atoms with E-state index in [9.17, 15) is 9.65 Å². The van der Waals surface area contributed by atoms with E-state index in [1.54, 1.807) is 6.20 Å². The van der Waals surface area contributed by atoms with Gasteiger partial charge in [-0.2, -0.15) is 5.26 Å². The van der Waals surface area contributed by atoms with Gasteiger partial charge in [-0.25, -0.2) is 4.39 Å². The summed E-state index contributed by atoms with van der Waals surface area (Å²) >= 11 is 0. The van der Waals surface area contributed by atoms with Gasteiger partial charge in [0.2, 0.25) is 0 Å². The predicted molar refractivity (Wildman–Crippen MR) is 82.7 cm³/mol. The van der Waals surface area contributed by atoms with Crippen LogP contribution in [0.3, 0.4) is 0 Å². The van der Waals surface area contributed by atoms with Gasteiger partial charge in [-0.05, 0) is 55.6 Å². The first kappa shape index (κ1) is 14.7. The van der Waals surface area contributed by atoms with E-state index in [0.29, 0.717) is 6.04 Å². The van der Waals surface area contributed by atoms with Crippen molar-refractivity contribution in [3.05, 3.63) is 65.7 Å². The highest BCUT2D eigenvalue weighted by molar-refractivity contribution is 5.32. The van der Waals surface area contributed by atoms with E-state index in [0.717, 1.165) is 37.1 Å². The molecular weight excluding hydrogens is 277 g/mol. The van der Waals surface area contributed by atoms with Crippen LogP contribution >= 0.6 is 0 Å². The van der Waals surface area contributed by atoms with Gasteiger partial charge in [0.15, 0.2) is 0 Å². The van der Waals surface area contributed by atoms with Crippen molar-refractivity contribution in [2.75, 3.05) is 6.54 Å². The zero-order chi connectivity index (χ0) is 15.4. The molecule has 1 aliphatic carbocycles. The van der Waals surface area contributed by atoms with E-state index in [2.05, 4.69) is 16.4 Å². The van der Waals surface area contributed by atoms with Crippen LogP contribution in [0.15, 0.2) is 48.7 Å². The van der Waals surface area contributed by atoms with Crippen LogP contribution in [0.4, 0.5) is 4.39 Å². The van der Waals surface area contributed by atoms with Crippen molar-refractivity contribution in [2.45, 2.75) is 30.7 Å². The predicted octanol–water partition coefficient (Wildman–Crippen LogP) is 2.98. The van der Waals surface area contributed by atoms with Gasteiger partial charge in [-0.1, -0.05) is 18.2 Å². The maximum absolute atomic E-state index is 12.8. The molecule has 1 aromatic heterocycles. The van der Waals surface area contributed by atoms with Crippen LogP contribution in [0.25, 0.3) is 0 Å². The maximum atomic E-state index is 12.8. The van der Waals surface area contributed by atoms with Crippen molar-refractivity contribution in [1.29, 1.82) is 5.26 Å². The number of nitrogens with zero attached hydrogens (tertiary/aromatic N) is 2. The van der Waals surface area contributed by atoms with Crippen molar-refractivity contribution < 1.29 is 4.39 Å². The number of pyridine rings is 1. The SMILES string of the molecule is N#CC1(c2ccccn2)CC(NCCc2ccc(F)cc2)C1. The molecule has 0 unspecified atom stereocenters. The number of halogens is 1. The average Bonchev–Trinajstić information content (AvgIpc) is 2.52. The van der Waals surface area contributed by atoms with Crippen LogP contribution in [-0.2, 0) is 11.8 Å². The Hall–Kier alpha value is -2.25. The highest BCUT2D eigenvalue weighted by Gasteiger charge is 2.46. The molecule has 1 aromatic carbocycles. The Kier molecular flexibility index (Phi) is 4.17. The Morgan fingerprint density at radius 2 is 2.00 bits per heavy atom. The van der Waals surface area contributed by atoms with Crippen LogP contribution in [0.1, 0.15) is 24.1 Å². The van der Waals surface area contributed by atoms with Gasteiger partial charge in [0.1, 0.15) is 11.2 Å². The van der Waals surface area contributed by atoms with E-state index >= 15 is 0 Å². The summed E-state index contributed by atoms with van der Waals surface area (Å²) < 4.78 is 12.8. The molecular formula is C18H18FN3. The van der Waals surface area contributed by atoms with Crippen LogP contribution in [0, 0.1) is 17.1 Å². The lowest BCUT2D eigenvalue weighted by Crippen LogP contribution is -2.51. The van der Waals surface area contributed by atoms with Crippen molar-refractivity contribution in [3.8, 4) is 6.07 Å². The van der Waals surface area contributed by atoms with Crippen LogP contribution in [0.5, 0.6) is 0 Å². The van der Waals surface area contributed by atoms with Gasteiger partial charge >= 0.3 is 0 Å². The summed E-state index contributed by atoms with van der Waals surface area (Å²) in [5.74, 6) is -0.204. The first-order valence-electron chi connectivity index (χ1n) is 7.52. The van der Waals surface area contributed by atoms with Gasteiger partial charge in [-0.3, -0.25) is 4.98 Å². The summed E-state index contributed by atoms with van der Waals surface area (Å²) in [6.45, 7) is 0.833. The molecule has 1 aliphatic rings. The molecule has 0 saturated heterocycles. The minimum atomic E-state index is -0.436. The molecule has 112 valence electrons. The second kappa shape index (κ2) is 6.25. The van der Waals surface area contributed by atoms with Gasteiger partial charge in [-0.15, -0.1) is 0 Å². The third-order valence-electron chi connectivity index (χ3n) is 4.32. The van der Waals surface area contributed by atoms with E-state index in [1.807, 2.05) is 30.3 Å². The molecule has 1 heterocycles. The Morgan fingerprint density at radius 1 is 1.23 bits per heavy atom. The molecule has 22 heavy (non-hydrogen) atoms. The van der Waals surface area contributed by atoms with Crippen molar-refractivity contribution in [2.24, 2.45) is 0 Å². The number of aromatic nitrogens is 1. The largest absolute Gasteiger partial charge is 0.314 e. The molecule has 1 fully saturated rings. The third kappa shape index (κ3) is 3.00. The number of benzene rings is 1. The summed E-state index contributed by atoms with van der Waals surface area (Å²) in [6.07, 6.45) is 4.19. The van der Waals surface area contributed by atoms with Crippen LogP contribution in [-0.4, -0.2) is 17.6 Å². The fraction of sp³-hybridized carbons (Fsp3) is 0.333. The fourth-order valence-corrected chi connectivity index (χ4v) is 3.00. The summed E-state index contributed by atoms with van der Waals surface area (Å²) in [6, 6.07) is 15.1. The maximum Gasteiger partial charge on any atom is 0.123 e. The smallest absolute Gasteiger partial charge is 0.123 e. The Labute approximate surface area is 129 Å². The number of hydrogen-bond acceptors (Lipinski definition) is 3. The van der Waals surface area contributed by atoms with E-state index in [4.69, 9.17) is 0 Å². The Balaban J connectivity index is 1.49. The number of nitrogens with one attached hydrogen (secondary N) is 1. The normalized spacial score (nSPS) is 23.5. The lowest BCUT2D eigenvalue weighted by molar-refractivity contribution is 0.223. The second-order valence-corrected chi connectivity index (χ2v) is 5.84. The first-order chi connectivity index (χ1) is 10.7. The molecule has 1 N–H and O–H groups in total. The van der Waals surface area contributed by atoms with Crippen molar-refractivity contribution >= 4 is 0 Å². The molecule has 1 saturated carbocycles. The quantitative estimate of drug-likeness (QED) is 0.922. The van der Waals surface area contributed by atoms with E-state index in [-0.39, 0.29) is 5.82 Å². The molecule has 0 spiro atoms. The second-order valence-electron chi connectivity index (χ2n) is 5.84. The molecule has 3 rings (SSSR count). The zero-order valence-electron chi connectivity index (χ0n) is 12.3. The van der Waals surface area contributed by atoms with Gasteiger partial charge in [0.05, 0.1) is 11.8 Å². The highest BCUT2D eigenvalue weighted by atomic mass is 19.1. The third-order valence-corrected chi connectivity index (χ3v) is 4.32. The highest BCUT2D eigenvalue weighted by Crippen LogP contribution is 2.42. The molecule has 0 aliphatic heterocycles. The van der Waals surface area contributed by atoms with Crippen molar-refractivity contribution in [1.82, 2.24) is 10.3 Å². The van der Waals surface area contributed by atoms with E-state index in [1.165, 1.54) is 12.1 Å². The lowest BCUT2D eigenvalue weighted by atomic mass is 9.64.